The molecule has 3 aliphatic rings. The summed E-state index contributed by atoms with van der Waals surface area (Å²) in [6.07, 6.45) is 4.18. The highest BCUT2D eigenvalue weighted by Crippen LogP contribution is 2.33. The van der Waals surface area contributed by atoms with Crippen molar-refractivity contribution in [2.75, 3.05) is 31.1 Å². The summed E-state index contributed by atoms with van der Waals surface area (Å²) in [4.78, 5) is 20.7. The van der Waals surface area contributed by atoms with Crippen molar-refractivity contribution < 1.29 is 18.3 Å². The number of nitrogens with zero attached hydrogens (tertiary/aromatic N) is 4. The van der Waals surface area contributed by atoms with Gasteiger partial charge < -0.3 is 14.4 Å². The Hall–Kier alpha value is -2.68. The molecule has 0 aliphatic carbocycles. The molecule has 0 spiro atoms. The van der Waals surface area contributed by atoms with Gasteiger partial charge in [-0.1, -0.05) is 13.3 Å². The SMILES string of the molecule is CCCCN1CC(Oc2c(F)cc(COc3cc4n(c(=O)n3)C[C@@H]3CCCN43)cc2F)C1. The number of fused-ring (bicyclic) bond motifs is 3. The van der Waals surface area contributed by atoms with Crippen LogP contribution in [0, 0.1) is 11.6 Å². The van der Waals surface area contributed by atoms with Gasteiger partial charge in [0.15, 0.2) is 17.4 Å². The third-order valence-electron chi connectivity index (χ3n) is 6.51. The van der Waals surface area contributed by atoms with Crippen molar-refractivity contribution in [3.05, 3.63) is 45.9 Å². The van der Waals surface area contributed by atoms with Crippen LogP contribution in [0.3, 0.4) is 0 Å². The Balaban J connectivity index is 1.22. The Labute approximate surface area is 185 Å². The van der Waals surface area contributed by atoms with Gasteiger partial charge in [-0.05, 0) is 43.5 Å². The second kappa shape index (κ2) is 8.69. The Morgan fingerprint density at radius 3 is 2.69 bits per heavy atom. The second-order valence-corrected chi connectivity index (χ2v) is 8.87. The molecule has 0 bridgehead atoms. The van der Waals surface area contributed by atoms with Gasteiger partial charge in [-0.3, -0.25) is 9.47 Å². The summed E-state index contributed by atoms with van der Waals surface area (Å²) in [5, 5.41) is 0. The van der Waals surface area contributed by atoms with E-state index in [4.69, 9.17) is 9.47 Å². The number of anilines is 1. The van der Waals surface area contributed by atoms with Crippen LogP contribution in [0.2, 0.25) is 0 Å². The molecule has 1 atom stereocenters. The van der Waals surface area contributed by atoms with E-state index in [2.05, 4.69) is 21.7 Å². The van der Waals surface area contributed by atoms with Gasteiger partial charge in [-0.25, -0.2) is 13.6 Å². The molecule has 7 nitrogen and oxygen atoms in total. The molecule has 0 amide bonds. The van der Waals surface area contributed by atoms with Gasteiger partial charge in [0, 0.05) is 38.3 Å². The van der Waals surface area contributed by atoms with Crippen LogP contribution in [0.5, 0.6) is 11.6 Å². The molecule has 2 fully saturated rings. The first-order valence-corrected chi connectivity index (χ1v) is 11.4. The van der Waals surface area contributed by atoms with E-state index in [0.717, 1.165) is 44.6 Å². The first-order chi connectivity index (χ1) is 15.5. The number of halogens is 2. The van der Waals surface area contributed by atoms with E-state index in [0.29, 0.717) is 31.2 Å². The highest BCUT2D eigenvalue weighted by Gasteiger charge is 2.34. The van der Waals surface area contributed by atoms with Crippen LogP contribution < -0.4 is 20.1 Å². The van der Waals surface area contributed by atoms with Gasteiger partial charge in [0.2, 0.25) is 5.88 Å². The lowest BCUT2D eigenvalue weighted by atomic mass is 10.1. The van der Waals surface area contributed by atoms with Crippen molar-refractivity contribution in [1.82, 2.24) is 14.5 Å². The molecule has 9 heteroatoms. The number of rotatable bonds is 8. The van der Waals surface area contributed by atoms with Crippen LogP contribution in [-0.4, -0.2) is 52.8 Å². The maximum atomic E-state index is 14.5. The quantitative estimate of drug-likeness (QED) is 0.622. The topological polar surface area (TPSA) is 59.8 Å². The van der Waals surface area contributed by atoms with Gasteiger partial charge in [-0.2, -0.15) is 4.98 Å². The van der Waals surface area contributed by atoms with Crippen LogP contribution in [-0.2, 0) is 13.2 Å². The smallest absolute Gasteiger partial charge is 0.352 e. The van der Waals surface area contributed by atoms with Crippen molar-refractivity contribution in [1.29, 1.82) is 0 Å². The minimum absolute atomic E-state index is 0.0956. The molecule has 2 aromatic rings. The number of benzene rings is 1. The zero-order chi connectivity index (χ0) is 22.2. The van der Waals surface area contributed by atoms with E-state index in [1.807, 2.05) is 0 Å². The summed E-state index contributed by atoms with van der Waals surface area (Å²) in [6.45, 7) is 5.94. The highest BCUT2D eigenvalue weighted by molar-refractivity contribution is 5.48. The molecule has 3 aliphatic heterocycles. The number of ether oxygens (including phenoxy) is 2. The van der Waals surface area contributed by atoms with E-state index in [9.17, 15) is 13.6 Å². The first-order valence-electron chi connectivity index (χ1n) is 11.4. The molecule has 4 heterocycles. The van der Waals surface area contributed by atoms with Crippen LogP contribution in [0.15, 0.2) is 23.0 Å². The molecule has 1 aromatic carbocycles. The van der Waals surface area contributed by atoms with Crippen molar-refractivity contribution in [3.8, 4) is 11.6 Å². The predicted octanol–water partition coefficient (Wildman–Crippen LogP) is 2.95. The summed E-state index contributed by atoms with van der Waals surface area (Å²) in [7, 11) is 0. The molecule has 0 N–H and O–H groups in total. The first kappa shape index (κ1) is 21.2. The second-order valence-electron chi connectivity index (χ2n) is 8.87. The molecular formula is C23H28F2N4O3. The zero-order valence-electron chi connectivity index (χ0n) is 18.2. The molecule has 5 rings (SSSR count). The summed E-state index contributed by atoms with van der Waals surface area (Å²) in [5.41, 5.74) is -0.0477. The highest BCUT2D eigenvalue weighted by atomic mass is 19.1. The van der Waals surface area contributed by atoms with E-state index in [1.165, 1.54) is 12.1 Å². The molecule has 1 aromatic heterocycles. The van der Waals surface area contributed by atoms with Gasteiger partial charge in [-0.15, -0.1) is 0 Å². The van der Waals surface area contributed by atoms with Gasteiger partial charge >= 0.3 is 5.69 Å². The molecule has 2 saturated heterocycles. The minimum Gasteiger partial charge on any atom is -0.482 e. The molecule has 32 heavy (non-hydrogen) atoms. The number of aromatic nitrogens is 2. The van der Waals surface area contributed by atoms with Crippen molar-refractivity contribution in [2.45, 2.75) is 57.9 Å². The third-order valence-corrected chi connectivity index (χ3v) is 6.51. The fourth-order valence-corrected chi connectivity index (χ4v) is 4.79. The lowest BCUT2D eigenvalue weighted by molar-refractivity contribution is 0.0145. The predicted molar refractivity (Wildman–Crippen MR) is 115 cm³/mol. The lowest BCUT2D eigenvalue weighted by Gasteiger charge is -2.39. The monoisotopic (exact) mass is 446 g/mol. The fraction of sp³-hybridized carbons (Fsp3) is 0.565. The zero-order valence-corrected chi connectivity index (χ0v) is 18.2. The van der Waals surface area contributed by atoms with Crippen LogP contribution >= 0.6 is 0 Å². The van der Waals surface area contributed by atoms with E-state index < -0.39 is 11.6 Å². The Bertz CT molecular complexity index is 1030. The van der Waals surface area contributed by atoms with E-state index in [-0.39, 0.29) is 30.0 Å². The summed E-state index contributed by atoms with van der Waals surface area (Å²) < 4.78 is 41.9. The van der Waals surface area contributed by atoms with Gasteiger partial charge in [0.05, 0.1) is 0 Å². The Morgan fingerprint density at radius 1 is 1.16 bits per heavy atom. The standard InChI is InChI=1S/C23H28F2N4O3/c1-2-3-6-27-12-17(13-27)32-22-18(24)8-15(9-19(22)25)14-31-20-10-21-28-7-4-5-16(28)11-29(21)23(30)26-20/h8-10,16-17H,2-7,11-14H2,1H3/t16-/m0/s1. The maximum absolute atomic E-state index is 14.5. The average molecular weight is 446 g/mol. The molecule has 0 unspecified atom stereocenters. The number of hydrogen-bond acceptors (Lipinski definition) is 6. The number of hydrogen-bond donors (Lipinski definition) is 0. The Morgan fingerprint density at radius 2 is 1.94 bits per heavy atom. The van der Waals surface area contributed by atoms with Gasteiger partial charge in [0.1, 0.15) is 18.5 Å². The largest absolute Gasteiger partial charge is 0.482 e. The maximum Gasteiger partial charge on any atom is 0.352 e. The average Bonchev–Trinajstić information content (AvgIpc) is 3.32. The summed E-state index contributed by atoms with van der Waals surface area (Å²) >= 11 is 0. The Kier molecular flexibility index (Phi) is 5.75. The van der Waals surface area contributed by atoms with Crippen LogP contribution in [0.4, 0.5) is 14.6 Å². The fourth-order valence-electron chi connectivity index (χ4n) is 4.79. The molecular weight excluding hydrogens is 418 g/mol. The van der Waals surface area contributed by atoms with E-state index >= 15 is 0 Å². The third kappa shape index (κ3) is 4.05. The van der Waals surface area contributed by atoms with Crippen molar-refractivity contribution >= 4 is 5.82 Å². The lowest BCUT2D eigenvalue weighted by Crippen LogP contribution is -2.54. The minimum atomic E-state index is -0.752. The molecule has 0 saturated carbocycles. The summed E-state index contributed by atoms with van der Waals surface area (Å²) in [5.74, 6) is -0.883. The number of unbranched alkanes of at least 4 members (excludes halogenated alkanes) is 1. The number of likely N-dealkylation sites (tertiary alicyclic amines) is 1. The molecule has 0 radical (unpaired) electrons. The van der Waals surface area contributed by atoms with Crippen LogP contribution in [0.25, 0.3) is 0 Å². The van der Waals surface area contributed by atoms with Gasteiger partial charge in [0.25, 0.3) is 0 Å². The molecule has 172 valence electrons. The van der Waals surface area contributed by atoms with Crippen molar-refractivity contribution in [2.24, 2.45) is 0 Å². The normalized spacial score (nSPS) is 20.2. The van der Waals surface area contributed by atoms with Crippen molar-refractivity contribution in [3.63, 3.8) is 0 Å². The summed E-state index contributed by atoms with van der Waals surface area (Å²) in [6, 6.07) is 4.49. The van der Waals surface area contributed by atoms with Crippen LogP contribution in [0.1, 0.15) is 38.2 Å². The van der Waals surface area contributed by atoms with E-state index in [1.54, 1.807) is 10.6 Å².